The third-order valence-electron chi connectivity index (χ3n) is 6.73. The highest BCUT2D eigenvalue weighted by molar-refractivity contribution is 7.90. The van der Waals surface area contributed by atoms with Crippen molar-refractivity contribution in [3.05, 3.63) is 42.5 Å². The standard InChI is InChI=1S/C26H34N4O4S/c1-17(2)28-35(31,32)29-19-8-6-18(7-9-19)26-25(27)23-11-10-22(34-21-12-14-33-15-13-21)16-24(23)30(26)20-4-3-5-20/h6-11,16-17,20-21,28-29H,3-5,12-15,27H2,1-2H3. The molecule has 0 unspecified atom stereocenters. The molecule has 1 aliphatic carbocycles. The van der Waals surface area contributed by atoms with Gasteiger partial charge in [0.05, 0.1) is 30.1 Å². The van der Waals surface area contributed by atoms with Crippen molar-refractivity contribution < 1.29 is 17.9 Å². The first-order valence-electron chi connectivity index (χ1n) is 12.4. The first-order valence-corrected chi connectivity index (χ1v) is 13.9. The highest BCUT2D eigenvalue weighted by Gasteiger charge is 2.27. The van der Waals surface area contributed by atoms with Gasteiger partial charge >= 0.3 is 0 Å². The van der Waals surface area contributed by atoms with Crippen molar-refractivity contribution in [1.29, 1.82) is 0 Å². The minimum absolute atomic E-state index is 0.173. The van der Waals surface area contributed by atoms with Crippen LogP contribution in [0.4, 0.5) is 11.4 Å². The molecule has 0 amide bonds. The number of rotatable bonds is 8. The zero-order chi connectivity index (χ0) is 24.6. The van der Waals surface area contributed by atoms with Crippen LogP contribution in [0, 0.1) is 0 Å². The van der Waals surface area contributed by atoms with Crippen molar-refractivity contribution in [2.75, 3.05) is 23.7 Å². The Morgan fingerprint density at radius 3 is 2.40 bits per heavy atom. The molecule has 1 saturated carbocycles. The SMILES string of the molecule is CC(C)NS(=O)(=O)Nc1ccc(-c2c(N)c3ccc(OC4CCOCC4)cc3n2C2CCC2)cc1. The second kappa shape index (κ2) is 9.72. The Morgan fingerprint density at radius 1 is 1.06 bits per heavy atom. The van der Waals surface area contributed by atoms with Gasteiger partial charge in [-0.25, -0.2) is 0 Å². The fraction of sp³-hybridized carbons (Fsp3) is 0.462. The molecule has 2 fully saturated rings. The average molecular weight is 499 g/mol. The van der Waals surface area contributed by atoms with Crippen LogP contribution < -0.4 is 19.9 Å². The Labute approximate surface area is 207 Å². The Kier molecular flexibility index (Phi) is 6.65. The van der Waals surface area contributed by atoms with E-state index in [9.17, 15) is 8.42 Å². The van der Waals surface area contributed by atoms with Crippen LogP contribution in [0.25, 0.3) is 22.2 Å². The number of anilines is 2. The summed E-state index contributed by atoms with van der Waals surface area (Å²) in [6, 6.07) is 13.8. The predicted molar refractivity (Wildman–Crippen MR) is 140 cm³/mol. The molecule has 2 heterocycles. The van der Waals surface area contributed by atoms with E-state index in [-0.39, 0.29) is 12.1 Å². The molecule has 1 aromatic heterocycles. The smallest absolute Gasteiger partial charge is 0.299 e. The lowest BCUT2D eigenvalue weighted by Crippen LogP contribution is -2.35. The number of hydrogen-bond donors (Lipinski definition) is 3. The van der Waals surface area contributed by atoms with E-state index in [1.807, 2.05) is 18.2 Å². The van der Waals surface area contributed by atoms with E-state index in [4.69, 9.17) is 15.2 Å². The molecule has 3 aromatic rings. The van der Waals surface area contributed by atoms with Crippen molar-refractivity contribution >= 4 is 32.5 Å². The highest BCUT2D eigenvalue weighted by Crippen LogP contribution is 2.45. The van der Waals surface area contributed by atoms with Crippen LogP contribution in [-0.2, 0) is 14.9 Å². The number of ether oxygens (including phenoxy) is 2. The molecule has 35 heavy (non-hydrogen) atoms. The topological polar surface area (TPSA) is 108 Å². The second-order valence-electron chi connectivity index (χ2n) is 9.78. The van der Waals surface area contributed by atoms with Crippen molar-refractivity contribution in [1.82, 2.24) is 9.29 Å². The summed E-state index contributed by atoms with van der Waals surface area (Å²) in [5, 5.41) is 1.01. The van der Waals surface area contributed by atoms with Crippen LogP contribution in [0.2, 0.25) is 0 Å². The van der Waals surface area contributed by atoms with E-state index in [1.54, 1.807) is 26.0 Å². The normalized spacial score (nSPS) is 17.6. The molecule has 0 atom stereocenters. The highest BCUT2D eigenvalue weighted by atomic mass is 32.2. The van der Waals surface area contributed by atoms with E-state index in [0.717, 1.165) is 72.5 Å². The summed E-state index contributed by atoms with van der Waals surface area (Å²) >= 11 is 0. The second-order valence-corrected chi connectivity index (χ2v) is 11.2. The number of aromatic nitrogens is 1. The summed E-state index contributed by atoms with van der Waals surface area (Å²) in [5.41, 5.74) is 11.0. The fourth-order valence-electron chi connectivity index (χ4n) is 4.89. The molecule has 0 bridgehead atoms. The van der Waals surface area contributed by atoms with E-state index in [0.29, 0.717) is 11.7 Å². The predicted octanol–water partition coefficient (Wildman–Crippen LogP) is 4.83. The van der Waals surface area contributed by atoms with Crippen molar-refractivity contribution in [2.24, 2.45) is 0 Å². The van der Waals surface area contributed by atoms with Gasteiger partial charge in [-0.1, -0.05) is 12.1 Å². The molecule has 5 rings (SSSR count). The molecular weight excluding hydrogens is 464 g/mol. The molecule has 1 saturated heterocycles. The lowest BCUT2D eigenvalue weighted by molar-refractivity contribution is 0.0256. The maximum absolute atomic E-state index is 12.2. The van der Waals surface area contributed by atoms with Gasteiger partial charge in [0.25, 0.3) is 10.2 Å². The molecular formula is C26H34N4O4S. The summed E-state index contributed by atoms with van der Waals surface area (Å²) in [5.74, 6) is 0.858. The van der Waals surface area contributed by atoms with Gasteiger partial charge in [0.2, 0.25) is 0 Å². The molecule has 2 aromatic carbocycles. The number of nitrogen functional groups attached to an aromatic ring is 1. The van der Waals surface area contributed by atoms with Crippen LogP contribution in [-0.4, -0.2) is 38.3 Å². The molecule has 0 radical (unpaired) electrons. The molecule has 1 aliphatic heterocycles. The van der Waals surface area contributed by atoms with E-state index in [1.165, 1.54) is 6.42 Å². The zero-order valence-electron chi connectivity index (χ0n) is 20.3. The van der Waals surface area contributed by atoms with Gasteiger partial charge in [0.1, 0.15) is 11.9 Å². The summed E-state index contributed by atoms with van der Waals surface area (Å²) in [6.07, 6.45) is 5.40. The monoisotopic (exact) mass is 498 g/mol. The maximum Gasteiger partial charge on any atom is 0.299 e. The summed E-state index contributed by atoms with van der Waals surface area (Å²) < 4.78 is 43.7. The Bertz CT molecular complexity index is 1290. The minimum atomic E-state index is -3.63. The van der Waals surface area contributed by atoms with Crippen LogP contribution in [0.1, 0.15) is 52.0 Å². The van der Waals surface area contributed by atoms with Crippen LogP contribution in [0.5, 0.6) is 5.75 Å². The first kappa shape index (κ1) is 24.0. The van der Waals surface area contributed by atoms with Crippen molar-refractivity contribution in [2.45, 2.75) is 64.1 Å². The summed E-state index contributed by atoms with van der Waals surface area (Å²) in [6.45, 7) is 5.04. The molecule has 2 aliphatic rings. The van der Waals surface area contributed by atoms with Crippen molar-refractivity contribution in [3.63, 3.8) is 0 Å². The number of nitrogens with zero attached hydrogens (tertiary/aromatic N) is 1. The summed E-state index contributed by atoms with van der Waals surface area (Å²) in [4.78, 5) is 0. The first-order chi connectivity index (χ1) is 16.8. The van der Waals surface area contributed by atoms with Crippen molar-refractivity contribution in [3.8, 4) is 17.0 Å². The van der Waals surface area contributed by atoms with Gasteiger partial charge in [-0.2, -0.15) is 13.1 Å². The number of nitrogens with one attached hydrogen (secondary N) is 2. The van der Waals surface area contributed by atoms with E-state index >= 15 is 0 Å². The average Bonchev–Trinajstić information content (AvgIpc) is 3.04. The van der Waals surface area contributed by atoms with Gasteiger partial charge in [-0.3, -0.25) is 4.72 Å². The largest absolute Gasteiger partial charge is 0.490 e. The van der Waals surface area contributed by atoms with E-state index in [2.05, 4.69) is 26.1 Å². The molecule has 0 spiro atoms. The minimum Gasteiger partial charge on any atom is -0.490 e. The van der Waals surface area contributed by atoms with Gasteiger partial charge < -0.3 is 19.8 Å². The van der Waals surface area contributed by atoms with Gasteiger partial charge in [0.15, 0.2) is 0 Å². The lowest BCUT2D eigenvalue weighted by Gasteiger charge is -2.30. The van der Waals surface area contributed by atoms with Gasteiger partial charge in [-0.15, -0.1) is 0 Å². The molecule has 4 N–H and O–H groups in total. The van der Waals surface area contributed by atoms with Crippen LogP contribution in [0.15, 0.2) is 42.5 Å². The quantitative estimate of drug-likeness (QED) is 0.412. The summed E-state index contributed by atoms with van der Waals surface area (Å²) in [7, 11) is -3.63. The molecule has 9 heteroatoms. The maximum atomic E-state index is 12.2. The number of hydrogen-bond acceptors (Lipinski definition) is 5. The third-order valence-corrected chi connectivity index (χ3v) is 8.01. The number of benzene rings is 2. The third kappa shape index (κ3) is 5.12. The van der Waals surface area contributed by atoms with Crippen LogP contribution >= 0.6 is 0 Å². The fourth-order valence-corrected chi connectivity index (χ4v) is 6.01. The van der Waals surface area contributed by atoms with E-state index < -0.39 is 10.2 Å². The Balaban J connectivity index is 1.49. The molecule has 8 nitrogen and oxygen atoms in total. The number of fused-ring (bicyclic) bond motifs is 1. The Morgan fingerprint density at radius 2 is 1.77 bits per heavy atom. The number of nitrogens with two attached hydrogens (primary N) is 1. The Hall–Kier alpha value is -2.75. The van der Waals surface area contributed by atoms with Crippen LogP contribution in [0.3, 0.4) is 0 Å². The van der Waals surface area contributed by atoms with Gasteiger partial charge in [-0.05, 0) is 57.4 Å². The molecule has 188 valence electrons. The zero-order valence-corrected chi connectivity index (χ0v) is 21.1. The lowest BCUT2D eigenvalue weighted by atomic mass is 9.92. The van der Waals surface area contributed by atoms with Gasteiger partial charge in [0, 0.05) is 47.6 Å².